The van der Waals surface area contributed by atoms with Crippen LogP contribution in [0.4, 0.5) is 0 Å². The Balaban J connectivity index is 1.81. The van der Waals surface area contributed by atoms with Gasteiger partial charge in [0.25, 0.3) is 0 Å². The molecule has 6 nitrogen and oxygen atoms in total. The van der Waals surface area contributed by atoms with Crippen LogP contribution in [-0.2, 0) is 16.1 Å². The van der Waals surface area contributed by atoms with Crippen molar-refractivity contribution in [1.29, 1.82) is 0 Å². The number of ether oxygens (including phenoxy) is 3. The molecule has 1 aromatic heterocycles. The number of rotatable bonds is 8. The maximum absolute atomic E-state index is 11.5. The van der Waals surface area contributed by atoms with Gasteiger partial charge in [-0.25, -0.2) is 4.79 Å². The van der Waals surface area contributed by atoms with Gasteiger partial charge in [-0.05, 0) is 36.8 Å². The first-order valence-corrected chi connectivity index (χ1v) is 7.20. The Morgan fingerprint density at radius 2 is 2.13 bits per heavy atom. The van der Waals surface area contributed by atoms with Crippen LogP contribution in [0.1, 0.15) is 21.7 Å². The zero-order valence-electron chi connectivity index (χ0n) is 13.2. The lowest BCUT2D eigenvalue weighted by molar-refractivity contribution is 0.000759. The Labute approximate surface area is 134 Å². The third-order valence-corrected chi connectivity index (χ3v) is 3.18. The Morgan fingerprint density at radius 1 is 1.30 bits per heavy atom. The smallest absolute Gasteiger partial charge is 0.337 e. The van der Waals surface area contributed by atoms with Gasteiger partial charge in [0.05, 0.1) is 25.5 Å². The summed E-state index contributed by atoms with van der Waals surface area (Å²) < 4.78 is 20.7. The number of carbonyl (C=O) groups is 1. The Bertz CT molecular complexity index is 620. The zero-order chi connectivity index (χ0) is 16.7. The molecule has 1 unspecified atom stereocenters. The summed E-state index contributed by atoms with van der Waals surface area (Å²) in [5.74, 6) is 0.787. The second kappa shape index (κ2) is 8.36. The van der Waals surface area contributed by atoms with E-state index < -0.39 is 12.1 Å². The summed E-state index contributed by atoms with van der Waals surface area (Å²) in [6.07, 6.45) is 0.779. The molecule has 6 heteroatoms. The van der Waals surface area contributed by atoms with Gasteiger partial charge in [-0.2, -0.15) is 0 Å². The van der Waals surface area contributed by atoms with Gasteiger partial charge in [0, 0.05) is 0 Å². The van der Waals surface area contributed by atoms with E-state index in [1.807, 2.05) is 6.92 Å². The van der Waals surface area contributed by atoms with Crippen LogP contribution < -0.4 is 4.74 Å². The number of hydrogen-bond acceptors (Lipinski definition) is 6. The number of hydrogen-bond donors (Lipinski definition) is 1. The second-order valence-corrected chi connectivity index (χ2v) is 5.03. The number of furan rings is 1. The molecule has 0 saturated carbocycles. The maximum Gasteiger partial charge on any atom is 0.337 e. The van der Waals surface area contributed by atoms with Gasteiger partial charge in [0.1, 0.15) is 30.8 Å². The van der Waals surface area contributed by atoms with Crippen molar-refractivity contribution in [2.45, 2.75) is 19.6 Å². The number of aryl methyl sites for hydroxylation is 1. The van der Waals surface area contributed by atoms with E-state index in [9.17, 15) is 9.90 Å². The number of aliphatic hydroxyl groups excluding tert-OH is 1. The van der Waals surface area contributed by atoms with Gasteiger partial charge >= 0.3 is 5.97 Å². The quantitative estimate of drug-likeness (QED) is 0.752. The molecule has 0 saturated heterocycles. The number of esters is 1. The minimum absolute atomic E-state index is 0.0591. The lowest BCUT2D eigenvalue weighted by atomic mass is 10.1. The SMILES string of the molecule is COC(=O)c1ccc(C)c(OCC(O)COCc2ccco2)c1. The van der Waals surface area contributed by atoms with Gasteiger partial charge in [-0.15, -0.1) is 0 Å². The molecule has 1 N–H and O–H groups in total. The highest BCUT2D eigenvalue weighted by Crippen LogP contribution is 2.20. The highest BCUT2D eigenvalue weighted by atomic mass is 16.5. The maximum atomic E-state index is 11.5. The fraction of sp³-hybridized carbons (Fsp3) is 0.353. The van der Waals surface area contributed by atoms with Crippen molar-refractivity contribution in [2.75, 3.05) is 20.3 Å². The second-order valence-electron chi connectivity index (χ2n) is 5.03. The Hall–Kier alpha value is -2.31. The van der Waals surface area contributed by atoms with Crippen molar-refractivity contribution in [3.63, 3.8) is 0 Å². The van der Waals surface area contributed by atoms with Gasteiger partial charge in [0.15, 0.2) is 0 Å². The molecule has 0 amide bonds. The van der Waals surface area contributed by atoms with Crippen molar-refractivity contribution < 1.29 is 28.5 Å². The molecule has 0 fully saturated rings. The van der Waals surface area contributed by atoms with Crippen LogP contribution in [0.3, 0.4) is 0 Å². The van der Waals surface area contributed by atoms with Crippen molar-refractivity contribution in [2.24, 2.45) is 0 Å². The molecular weight excluding hydrogens is 300 g/mol. The van der Waals surface area contributed by atoms with E-state index in [4.69, 9.17) is 13.9 Å². The molecule has 1 heterocycles. The molecule has 1 aromatic carbocycles. The van der Waals surface area contributed by atoms with Crippen LogP contribution >= 0.6 is 0 Å². The summed E-state index contributed by atoms with van der Waals surface area (Å²) in [5, 5.41) is 9.88. The summed E-state index contributed by atoms with van der Waals surface area (Å²) >= 11 is 0. The summed E-state index contributed by atoms with van der Waals surface area (Å²) in [6.45, 7) is 2.33. The molecule has 0 aliphatic rings. The predicted molar refractivity (Wildman–Crippen MR) is 82.4 cm³/mol. The third kappa shape index (κ3) is 5.12. The molecule has 124 valence electrons. The minimum Gasteiger partial charge on any atom is -0.491 e. The normalized spacial score (nSPS) is 12.0. The van der Waals surface area contributed by atoms with Gasteiger partial charge in [0.2, 0.25) is 0 Å². The number of carbonyl (C=O) groups excluding carboxylic acids is 1. The van der Waals surface area contributed by atoms with E-state index in [-0.39, 0.29) is 13.2 Å². The molecule has 0 aliphatic heterocycles. The molecule has 0 spiro atoms. The first-order valence-electron chi connectivity index (χ1n) is 7.20. The summed E-state index contributed by atoms with van der Waals surface area (Å²) in [5.41, 5.74) is 1.26. The molecule has 0 aliphatic carbocycles. The molecule has 0 radical (unpaired) electrons. The Morgan fingerprint density at radius 3 is 2.83 bits per heavy atom. The van der Waals surface area contributed by atoms with Crippen LogP contribution in [-0.4, -0.2) is 37.5 Å². The van der Waals surface area contributed by atoms with E-state index in [1.165, 1.54) is 7.11 Å². The topological polar surface area (TPSA) is 78.1 Å². The van der Waals surface area contributed by atoms with Crippen molar-refractivity contribution in [1.82, 2.24) is 0 Å². The molecule has 23 heavy (non-hydrogen) atoms. The van der Waals surface area contributed by atoms with Crippen LogP contribution in [0.2, 0.25) is 0 Å². The first-order chi connectivity index (χ1) is 11.1. The average Bonchev–Trinajstić information content (AvgIpc) is 3.06. The fourth-order valence-electron chi connectivity index (χ4n) is 1.92. The van der Waals surface area contributed by atoms with Crippen LogP contribution in [0.25, 0.3) is 0 Å². The molecular formula is C17H20O6. The third-order valence-electron chi connectivity index (χ3n) is 3.18. The largest absolute Gasteiger partial charge is 0.491 e. The van der Waals surface area contributed by atoms with Crippen LogP contribution in [0, 0.1) is 6.92 Å². The average molecular weight is 320 g/mol. The van der Waals surface area contributed by atoms with Gasteiger partial charge in [-0.1, -0.05) is 6.07 Å². The van der Waals surface area contributed by atoms with Crippen LogP contribution in [0.5, 0.6) is 5.75 Å². The van der Waals surface area contributed by atoms with Gasteiger partial charge < -0.3 is 23.7 Å². The van der Waals surface area contributed by atoms with E-state index in [0.717, 1.165) is 5.56 Å². The first kappa shape index (κ1) is 17.1. The summed E-state index contributed by atoms with van der Waals surface area (Å²) in [6, 6.07) is 8.59. The van der Waals surface area contributed by atoms with E-state index in [0.29, 0.717) is 23.7 Å². The molecule has 0 bridgehead atoms. The lowest BCUT2D eigenvalue weighted by Gasteiger charge is -2.14. The predicted octanol–water partition coefficient (Wildman–Crippen LogP) is 2.33. The van der Waals surface area contributed by atoms with E-state index in [2.05, 4.69) is 4.74 Å². The van der Waals surface area contributed by atoms with Gasteiger partial charge in [-0.3, -0.25) is 0 Å². The molecule has 2 rings (SSSR count). The monoisotopic (exact) mass is 320 g/mol. The Kier molecular flexibility index (Phi) is 6.19. The minimum atomic E-state index is -0.786. The van der Waals surface area contributed by atoms with Crippen molar-refractivity contribution >= 4 is 5.97 Å². The summed E-state index contributed by atoms with van der Waals surface area (Å²) in [4.78, 5) is 11.5. The number of aliphatic hydroxyl groups is 1. The van der Waals surface area contributed by atoms with Crippen LogP contribution in [0.15, 0.2) is 41.0 Å². The van der Waals surface area contributed by atoms with E-state index >= 15 is 0 Å². The highest BCUT2D eigenvalue weighted by Gasteiger charge is 2.11. The zero-order valence-corrected chi connectivity index (χ0v) is 13.2. The van der Waals surface area contributed by atoms with Crippen molar-refractivity contribution in [3.8, 4) is 5.75 Å². The molecule has 1 atom stereocenters. The number of methoxy groups -OCH3 is 1. The lowest BCUT2D eigenvalue weighted by Crippen LogP contribution is -2.23. The standard InChI is InChI=1S/C17H20O6/c1-12-5-6-13(17(19)20-2)8-16(12)23-10-14(18)9-21-11-15-4-3-7-22-15/h3-8,14,18H,9-11H2,1-2H3. The van der Waals surface area contributed by atoms with E-state index in [1.54, 1.807) is 36.6 Å². The summed E-state index contributed by atoms with van der Waals surface area (Å²) in [7, 11) is 1.32. The fourth-order valence-corrected chi connectivity index (χ4v) is 1.92. The van der Waals surface area contributed by atoms with Crippen molar-refractivity contribution in [3.05, 3.63) is 53.5 Å². The molecule has 2 aromatic rings. The highest BCUT2D eigenvalue weighted by molar-refractivity contribution is 5.89. The number of benzene rings is 1.